The van der Waals surface area contributed by atoms with Gasteiger partial charge in [-0.1, -0.05) is 0 Å². The average molecular weight is 251 g/mol. The molecule has 0 aromatic carbocycles. The van der Waals surface area contributed by atoms with E-state index < -0.39 is 0 Å². The van der Waals surface area contributed by atoms with Crippen molar-refractivity contribution in [2.45, 2.75) is 56.7 Å². The molecule has 18 heavy (non-hydrogen) atoms. The molecule has 4 aliphatic heterocycles. The van der Waals surface area contributed by atoms with E-state index in [4.69, 9.17) is 0 Å². The minimum atomic E-state index is 0.931. The molecule has 0 saturated carbocycles. The second kappa shape index (κ2) is 4.77. The molecule has 0 aromatic rings. The van der Waals surface area contributed by atoms with Gasteiger partial charge in [0.25, 0.3) is 0 Å². The van der Waals surface area contributed by atoms with Gasteiger partial charge in [0.15, 0.2) is 0 Å². The standard InChI is InChI=1S/C15H27N3/c1-4-13-10-17-8-3-6-15(17)12-18-9-2-5-14(18)11-16(13)7-1/h13-15H,1-12H2/p+2. The average Bonchev–Trinajstić information content (AvgIpc) is 3.04. The maximum atomic E-state index is 2.86. The number of hydrogen-bond acceptors (Lipinski definition) is 1. The first-order valence-corrected chi connectivity index (χ1v) is 8.33. The number of quaternary nitrogens is 2. The van der Waals surface area contributed by atoms with Crippen molar-refractivity contribution in [2.24, 2.45) is 0 Å². The molecule has 4 saturated heterocycles. The molecule has 4 rings (SSSR count). The molecule has 5 unspecified atom stereocenters. The maximum absolute atomic E-state index is 2.86. The number of nitrogens with zero attached hydrogens (tertiary/aromatic N) is 1. The second-order valence-corrected chi connectivity index (χ2v) is 7.19. The third kappa shape index (κ3) is 2.00. The maximum Gasteiger partial charge on any atom is 0.137 e. The van der Waals surface area contributed by atoms with E-state index >= 15 is 0 Å². The van der Waals surface area contributed by atoms with E-state index in [2.05, 4.69) is 4.90 Å². The lowest BCUT2D eigenvalue weighted by Crippen LogP contribution is -3.23. The molecule has 4 heterocycles. The highest BCUT2D eigenvalue weighted by Crippen LogP contribution is 2.18. The van der Waals surface area contributed by atoms with Gasteiger partial charge in [-0.2, -0.15) is 0 Å². The molecule has 0 aromatic heterocycles. The van der Waals surface area contributed by atoms with Crippen LogP contribution in [0.3, 0.4) is 0 Å². The fraction of sp³-hybridized carbons (Fsp3) is 1.00. The Bertz CT molecular complexity index is 235. The van der Waals surface area contributed by atoms with Crippen LogP contribution in [0.1, 0.15) is 38.5 Å². The van der Waals surface area contributed by atoms with Crippen LogP contribution in [0.5, 0.6) is 0 Å². The van der Waals surface area contributed by atoms with Gasteiger partial charge < -0.3 is 9.80 Å². The van der Waals surface area contributed by atoms with E-state index in [9.17, 15) is 0 Å². The molecule has 102 valence electrons. The number of hydrogen-bond donors (Lipinski definition) is 2. The first-order chi connectivity index (χ1) is 8.90. The minimum absolute atomic E-state index is 0.931. The predicted molar refractivity (Wildman–Crippen MR) is 72.0 cm³/mol. The third-order valence-electron chi connectivity index (χ3n) is 6.22. The summed E-state index contributed by atoms with van der Waals surface area (Å²) in [6.07, 6.45) is 8.94. The molecule has 0 radical (unpaired) electrons. The zero-order chi connectivity index (χ0) is 11.9. The molecular weight excluding hydrogens is 222 g/mol. The summed E-state index contributed by atoms with van der Waals surface area (Å²) in [5.41, 5.74) is 0. The van der Waals surface area contributed by atoms with E-state index in [0.717, 1.165) is 18.1 Å². The van der Waals surface area contributed by atoms with Crippen molar-refractivity contribution >= 4 is 0 Å². The molecular formula is C15H29N3+2. The molecule has 5 atom stereocenters. The monoisotopic (exact) mass is 251 g/mol. The SMILES string of the molecule is C1CC2C[NH+]3CCCC3C[NH+]3CCCC3CN2C1. The van der Waals surface area contributed by atoms with Gasteiger partial charge in [0.1, 0.15) is 18.6 Å². The van der Waals surface area contributed by atoms with Crippen LogP contribution in [-0.4, -0.2) is 62.3 Å². The Labute approximate surface area is 111 Å². The lowest BCUT2D eigenvalue weighted by Gasteiger charge is -2.27. The highest BCUT2D eigenvalue weighted by Gasteiger charge is 2.42. The molecule has 0 spiro atoms. The van der Waals surface area contributed by atoms with Crippen LogP contribution in [0, 0.1) is 0 Å². The van der Waals surface area contributed by atoms with Crippen molar-refractivity contribution in [2.75, 3.05) is 39.3 Å². The van der Waals surface area contributed by atoms with Crippen LogP contribution >= 0.6 is 0 Å². The Morgan fingerprint density at radius 3 is 2.44 bits per heavy atom. The minimum Gasteiger partial charge on any atom is -0.327 e. The van der Waals surface area contributed by atoms with Crippen LogP contribution < -0.4 is 9.80 Å². The third-order valence-corrected chi connectivity index (χ3v) is 6.22. The lowest BCUT2D eigenvalue weighted by molar-refractivity contribution is -0.972. The van der Waals surface area contributed by atoms with Crippen LogP contribution in [-0.2, 0) is 0 Å². The summed E-state index contributed by atoms with van der Waals surface area (Å²) in [6, 6.07) is 2.91. The smallest absolute Gasteiger partial charge is 0.137 e. The van der Waals surface area contributed by atoms with E-state index in [1.54, 1.807) is 0 Å². The van der Waals surface area contributed by atoms with Crippen molar-refractivity contribution < 1.29 is 9.80 Å². The Hall–Kier alpha value is -0.120. The molecule has 0 aliphatic carbocycles. The Kier molecular flexibility index (Phi) is 3.10. The van der Waals surface area contributed by atoms with Gasteiger partial charge in [-0.25, -0.2) is 0 Å². The molecule has 4 fully saturated rings. The van der Waals surface area contributed by atoms with Crippen LogP contribution in [0.15, 0.2) is 0 Å². The Morgan fingerprint density at radius 2 is 1.56 bits per heavy atom. The highest BCUT2D eigenvalue weighted by molar-refractivity contribution is 4.83. The zero-order valence-corrected chi connectivity index (χ0v) is 11.7. The van der Waals surface area contributed by atoms with Crippen molar-refractivity contribution in [3.63, 3.8) is 0 Å². The van der Waals surface area contributed by atoms with Gasteiger partial charge >= 0.3 is 0 Å². The van der Waals surface area contributed by atoms with Gasteiger partial charge in [0.2, 0.25) is 0 Å². The largest absolute Gasteiger partial charge is 0.327 e. The summed E-state index contributed by atoms with van der Waals surface area (Å²) >= 11 is 0. The number of rotatable bonds is 0. The zero-order valence-electron chi connectivity index (χ0n) is 11.7. The van der Waals surface area contributed by atoms with Gasteiger partial charge in [-0.3, -0.25) is 4.90 Å². The summed E-state index contributed by atoms with van der Waals surface area (Å²) in [5, 5.41) is 0. The molecule has 4 aliphatic rings. The quantitative estimate of drug-likeness (QED) is 0.537. The van der Waals surface area contributed by atoms with Crippen molar-refractivity contribution in [1.82, 2.24) is 4.90 Å². The summed E-state index contributed by atoms with van der Waals surface area (Å²) in [4.78, 5) is 6.79. The van der Waals surface area contributed by atoms with Crippen molar-refractivity contribution in [1.29, 1.82) is 0 Å². The topological polar surface area (TPSA) is 12.1 Å². The lowest BCUT2D eigenvalue weighted by atomic mass is 10.1. The van der Waals surface area contributed by atoms with Crippen molar-refractivity contribution in [3.05, 3.63) is 0 Å². The molecule has 0 amide bonds. The fourth-order valence-electron chi connectivity index (χ4n) is 5.24. The summed E-state index contributed by atoms with van der Waals surface area (Å²) in [7, 11) is 0. The fourth-order valence-corrected chi connectivity index (χ4v) is 5.24. The molecule has 2 N–H and O–H groups in total. The highest BCUT2D eigenvalue weighted by atomic mass is 15.3. The van der Waals surface area contributed by atoms with E-state index in [0.29, 0.717) is 0 Å². The summed E-state index contributed by atoms with van der Waals surface area (Å²) in [5.74, 6) is 0. The summed E-state index contributed by atoms with van der Waals surface area (Å²) < 4.78 is 0. The van der Waals surface area contributed by atoms with E-state index in [-0.39, 0.29) is 0 Å². The predicted octanol–water partition coefficient (Wildman–Crippen LogP) is -1.44. The van der Waals surface area contributed by atoms with Gasteiger partial charge in [0.05, 0.1) is 32.2 Å². The Balaban J connectivity index is 1.57. The number of nitrogens with one attached hydrogen (secondary N) is 2. The van der Waals surface area contributed by atoms with Crippen LogP contribution in [0.4, 0.5) is 0 Å². The normalized spacial score (nSPS) is 49.0. The van der Waals surface area contributed by atoms with Crippen LogP contribution in [0.2, 0.25) is 0 Å². The van der Waals surface area contributed by atoms with Gasteiger partial charge in [0, 0.05) is 25.7 Å². The molecule has 3 nitrogen and oxygen atoms in total. The second-order valence-electron chi connectivity index (χ2n) is 7.19. The van der Waals surface area contributed by atoms with Crippen LogP contribution in [0.25, 0.3) is 0 Å². The van der Waals surface area contributed by atoms with Gasteiger partial charge in [-0.05, 0) is 19.4 Å². The molecule has 0 bridgehead atoms. The molecule has 3 heteroatoms. The Morgan fingerprint density at radius 1 is 0.778 bits per heavy atom. The van der Waals surface area contributed by atoms with E-state index in [1.165, 1.54) is 77.8 Å². The van der Waals surface area contributed by atoms with Gasteiger partial charge in [-0.15, -0.1) is 0 Å². The first kappa shape index (κ1) is 11.7. The van der Waals surface area contributed by atoms with Crippen molar-refractivity contribution in [3.8, 4) is 0 Å². The van der Waals surface area contributed by atoms with E-state index in [1.807, 2.05) is 9.80 Å². The summed E-state index contributed by atoms with van der Waals surface area (Å²) in [6.45, 7) is 8.69. The number of fused-ring (bicyclic) bond motifs is 3. The first-order valence-electron chi connectivity index (χ1n) is 8.33.